The number of piperidine rings is 1. The Morgan fingerprint density at radius 1 is 1.00 bits per heavy atom. The van der Waals surface area contributed by atoms with Crippen LogP contribution in [0.5, 0.6) is 5.75 Å². The predicted octanol–water partition coefficient (Wildman–Crippen LogP) is 3.96. The molecule has 2 N–H and O–H groups in total. The molecule has 2 aromatic carbocycles. The highest BCUT2D eigenvalue weighted by atomic mass is 19.4. The van der Waals surface area contributed by atoms with Gasteiger partial charge in [0, 0.05) is 63.4 Å². The number of rotatable bonds is 8. The molecule has 1 aromatic heterocycles. The van der Waals surface area contributed by atoms with Crippen LogP contribution in [-0.4, -0.2) is 93.5 Å². The topological polar surface area (TPSA) is 151 Å². The lowest BCUT2D eigenvalue weighted by Gasteiger charge is -2.46. The molecule has 4 aliphatic rings. The number of amides is 5. The summed E-state index contributed by atoms with van der Waals surface area (Å²) in [6, 6.07) is 7.03. The SMILES string of the molecule is [C-]#[N+]c1ccc(NC(=O)C(C)(C)n2cc(N3CCN(C4CC(Oc5ccc6c(c5)C(=O)N(C5CCC(=O)NC5=O)C6=O)C4)CC3)cn2)cc1C(F)(F)F. The largest absolute Gasteiger partial charge is 0.490 e. The van der Waals surface area contributed by atoms with E-state index in [1.165, 1.54) is 22.9 Å². The van der Waals surface area contributed by atoms with Crippen molar-refractivity contribution in [3.8, 4) is 5.75 Å². The summed E-state index contributed by atoms with van der Waals surface area (Å²) >= 11 is 0. The minimum Gasteiger partial charge on any atom is -0.490 e. The fourth-order valence-corrected chi connectivity index (χ4v) is 7.10. The standard InChI is InChI=1S/C36H35F3N8O6/c1-35(2,34(52)42-20-4-7-28(40-3)27(14-20)36(37,38)39)46-19-22(18-41-46)45-12-10-44(11-13-45)21-15-24(16-21)53-23-5-6-25-26(17-23)33(51)47(32(25)50)29-8-9-30(48)43-31(29)49/h4-7,14,17-19,21,24,29H,8-13,15-16H2,1-2H3,(H,42,52)(H,43,48,49). The molecule has 53 heavy (non-hydrogen) atoms. The number of carbonyl (C=O) groups excluding carboxylic acids is 5. The molecule has 3 aromatic rings. The summed E-state index contributed by atoms with van der Waals surface area (Å²) in [6.45, 7) is 13.2. The predicted molar refractivity (Wildman–Crippen MR) is 182 cm³/mol. The van der Waals surface area contributed by atoms with Gasteiger partial charge in [-0.15, -0.1) is 0 Å². The fourth-order valence-electron chi connectivity index (χ4n) is 7.10. The minimum atomic E-state index is -4.74. The summed E-state index contributed by atoms with van der Waals surface area (Å²) in [6.07, 6.45) is 0.259. The van der Waals surface area contributed by atoms with Crippen LogP contribution < -0.4 is 20.3 Å². The number of alkyl halides is 3. The first kappa shape index (κ1) is 35.6. The number of benzene rings is 2. The molecule has 1 aliphatic carbocycles. The number of ether oxygens (including phenoxy) is 1. The molecule has 17 heteroatoms. The van der Waals surface area contributed by atoms with Gasteiger partial charge < -0.3 is 15.0 Å². The number of fused-ring (bicyclic) bond motifs is 1. The average Bonchev–Trinajstić information content (AvgIpc) is 3.70. The first-order valence-corrected chi connectivity index (χ1v) is 17.1. The van der Waals surface area contributed by atoms with Gasteiger partial charge in [-0.25, -0.2) is 4.85 Å². The van der Waals surface area contributed by atoms with E-state index >= 15 is 0 Å². The summed E-state index contributed by atoms with van der Waals surface area (Å²) in [5.41, 5.74) is -1.82. The van der Waals surface area contributed by atoms with E-state index in [1.54, 1.807) is 32.3 Å². The summed E-state index contributed by atoms with van der Waals surface area (Å²) in [7, 11) is 0. The summed E-state index contributed by atoms with van der Waals surface area (Å²) < 4.78 is 47.9. The number of nitrogens with zero attached hydrogens (tertiary/aromatic N) is 6. The molecule has 1 unspecified atom stereocenters. The molecule has 276 valence electrons. The first-order chi connectivity index (χ1) is 25.1. The molecular weight excluding hydrogens is 697 g/mol. The van der Waals surface area contributed by atoms with Gasteiger partial charge in [0.15, 0.2) is 5.69 Å². The van der Waals surface area contributed by atoms with Crippen LogP contribution in [0.1, 0.15) is 65.8 Å². The van der Waals surface area contributed by atoms with Gasteiger partial charge >= 0.3 is 6.18 Å². The second-order valence-corrected chi connectivity index (χ2v) is 14.0. The highest BCUT2D eigenvalue weighted by molar-refractivity contribution is 6.23. The maximum atomic E-state index is 13.4. The van der Waals surface area contributed by atoms with E-state index in [4.69, 9.17) is 11.3 Å². The number of piperazine rings is 1. The fraction of sp³-hybridized carbons (Fsp3) is 0.417. The zero-order valence-corrected chi connectivity index (χ0v) is 28.8. The molecular formula is C36H35F3N8O6. The third-order valence-electron chi connectivity index (χ3n) is 10.4. The molecule has 1 saturated carbocycles. The van der Waals surface area contributed by atoms with Crippen molar-refractivity contribution in [1.82, 2.24) is 24.9 Å². The Labute approximate surface area is 301 Å². The van der Waals surface area contributed by atoms with Crippen LogP contribution >= 0.6 is 0 Å². The molecule has 4 heterocycles. The number of carbonyl (C=O) groups is 5. The summed E-state index contributed by atoms with van der Waals surface area (Å²) in [5.74, 6) is -2.36. The molecule has 14 nitrogen and oxygen atoms in total. The molecule has 3 aliphatic heterocycles. The van der Waals surface area contributed by atoms with Crippen LogP contribution in [0, 0.1) is 6.57 Å². The third-order valence-corrected chi connectivity index (χ3v) is 10.4. The Morgan fingerprint density at radius 3 is 2.40 bits per heavy atom. The minimum absolute atomic E-state index is 0.0463. The molecule has 0 spiro atoms. The summed E-state index contributed by atoms with van der Waals surface area (Å²) in [5, 5.41) is 9.12. The highest BCUT2D eigenvalue weighted by Gasteiger charge is 2.45. The second kappa shape index (κ2) is 13.3. The average molecular weight is 733 g/mol. The Balaban J connectivity index is 0.898. The van der Waals surface area contributed by atoms with Gasteiger partial charge in [-0.1, -0.05) is 6.07 Å². The van der Waals surface area contributed by atoms with Crippen molar-refractivity contribution in [3.05, 3.63) is 76.9 Å². The van der Waals surface area contributed by atoms with E-state index in [9.17, 15) is 37.1 Å². The van der Waals surface area contributed by atoms with Gasteiger partial charge in [0.05, 0.1) is 35.1 Å². The van der Waals surface area contributed by atoms with Crippen molar-refractivity contribution < 1.29 is 41.9 Å². The van der Waals surface area contributed by atoms with E-state index in [1.807, 2.05) is 0 Å². The maximum absolute atomic E-state index is 13.4. The lowest BCUT2D eigenvalue weighted by molar-refractivity contribution is -0.137. The summed E-state index contributed by atoms with van der Waals surface area (Å²) in [4.78, 5) is 71.6. The van der Waals surface area contributed by atoms with E-state index in [0.29, 0.717) is 24.9 Å². The van der Waals surface area contributed by atoms with Gasteiger partial charge in [-0.3, -0.25) is 43.8 Å². The third kappa shape index (κ3) is 6.70. The smallest absolute Gasteiger partial charge is 0.407 e. The van der Waals surface area contributed by atoms with Crippen molar-refractivity contribution in [3.63, 3.8) is 0 Å². The van der Waals surface area contributed by atoms with Crippen molar-refractivity contribution in [1.29, 1.82) is 0 Å². The maximum Gasteiger partial charge on any atom is 0.407 e. The van der Waals surface area contributed by atoms with Gasteiger partial charge in [0.2, 0.25) is 11.8 Å². The van der Waals surface area contributed by atoms with Crippen molar-refractivity contribution >= 4 is 46.6 Å². The highest BCUT2D eigenvalue weighted by Crippen LogP contribution is 2.39. The van der Waals surface area contributed by atoms with E-state index < -0.39 is 58.5 Å². The molecule has 3 fully saturated rings. The Kier molecular flexibility index (Phi) is 8.97. The van der Waals surface area contributed by atoms with Crippen LogP contribution in [0.4, 0.5) is 30.2 Å². The van der Waals surface area contributed by atoms with Crippen LogP contribution in [0.15, 0.2) is 48.8 Å². The van der Waals surface area contributed by atoms with Crippen LogP contribution in [0.25, 0.3) is 4.85 Å². The Hall–Kier alpha value is -5.76. The normalized spacial score (nSPS) is 22.2. The number of anilines is 2. The van der Waals surface area contributed by atoms with Crippen LogP contribution in [-0.2, 0) is 26.1 Å². The molecule has 1 atom stereocenters. The van der Waals surface area contributed by atoms with Crippen LogP contribution in [0.3, 0.4) is 0 Å². The molecule has 0 bridgehead atoms. The number of halogens is 3. The van der Waals surface area contributed by atoms with Gasteiger partial charge in [-0.2, -0.15) is 18.3 Å². The number of imide groups is 2. The number of hydrogen-bond donors (Lipinski definition) is 2. The first-order valence-electron chi connectivity index (χ1n) is 17.1. The lowest BCUT2D eigenvalue weighted by Crippen LogP contribution is -2.56. The number of nitrogens with one attached hydrogen (secondary N) is 2. The van der Waals surface area contributed by atoms with Crippen LogP contribution in [0.2, 0.25) is 0 Å². The zero-order valence-electron chi connectivity index (χ0n) is 28.8. The molecule has 2 saturated heterocycles. The van der Waals surface area contributed by atoms with Crippen molar-refractivity contribution in [2.24, 2.45) is 0 Å². The Morgan fingerprint density at radius 2 is 1.72 bits per heavy atom. The van der Waals surface area contributed by atoms with E-state index in [-0.39, 0.29) is 35.8 Å². The van der Waals surface area contributed by atoms with Gasteiger partial charge in [0.1, 0.15) is 23.4 Å². The van der Waals surface area contributed by atoms with E-state index in [2.05, 4.69) is 30.4 Å². The van der Waals surface area contributed by atoms with Gasteiger partial charge in [-0.05, 0) is 50.6 Å². The molecule has 7 rings (SSSR count). The quantitative estimate of drug-likeness (QED) is 0.259. The van der Waals surface area contributed by atoms with E-state index in [0.717, 1.165) is 48.7 Å². The number of aromatic nitrogens is 2. The zero-order chi connectivity index (χ0) is 37.8. The molecule has 5 amide bonds. The number of hydrogen-bond acceptors (Lipinski definition) is 9. The van der Waals surface area contributed by atoms with Gasteiger partial charge in [0.25, 0.3) is 17.7 Å². The Bertz CT molecular complexity index is 2060. The van der Waals surface area contributed by atoms with Crippen molar-refractivity contribution in [2.45, 2.75) is 69.4 Å². The molecule has 0 radical (unpaired) electrons. The van der Waals surface area contributed by atoms with Crippen molar-refractivity contribution in [2.75, 3.05) is 36.4 Å². The monoisotopic (exact) mass is 732 g/mol. The lowest BCUT2D eigenvalue weighted by atomic mass is 9.87. The second-order valence-electron chi connectivity index (χ2n) is 14.0.